The number of ether oxygens (including phenoxy) is 1. The van der Waals surface area contributed by atoms with Gasteiger partial charge in [0.2, 0.25) is 5.91 Å². The van der Waals surface area contributed by atoms with Gasteiger partial charge in [0.1, 0.15) is 24.0 Å². The molecular weight excluding hydrogens is 484 g/mol. The number of rotatable bonds is 9. The summed E-state index contributed by atoms with van der Waals surface area (Å²) in [6, 6.07) is 29.0. The molecule has 1 aliphatic heterocycles. The van der Waals surface area contributed by atoms with Gasteiger partial charge >= 0.3 is 0 Å². The zero-order chi connectivity index (χ0) is 26.5. The predicted octanol–water partition coefficient (Wildman–Crippen LogP) is 6.71. The maximum Gasteiger partial charge on any atom is 0.233 e. The van der Waals surface area contributed by atoms with Gasteiger partial charge in [-0.3, -0.25) is 4.79 Å². The average molecular weight is 512 g/mol. The number of hydrogen-bond acceptors (Lipinski definition) is 3. The molecule has 0 bridgehead atoms. The van der Waals surface area contributed by atoms with E-state index in [4.69, 9.17) is 4.74 Å². The highest BCUT2D eigenvalue weighted by Crippen LogP contribution is 2.46. The van der Waals surface area contributed by atoms with Crippen molar-refractivity contribution >= 4 is 17.2 Å². The zero-order valence-corrected chi connectivity index (χ0v) is 20.6. The van der Waals surface area contributed by atoms with Crippen molar-refractivity contribution in [2.24, 2.45) is 5.92 Å². The van der Waals surface area contributed by atoms with Gasteiger partial charge in [0.15, 0.2) is 0 Å². The van der Waals surface area contributed by atoms with Crippen molar-refractivity contribution in [1.29, 1.82) is 0 Å². The summed E-state index contributed by atoms with van der Waals surface area (Å²) >= 11 is 0. The second-order valence-electron chi connectivity index (χ2n) is 9.21. The third kappa shape index (κ3) is 5.50. The van der Waals surface area contributed by atoms with Crippen LogP contribution in [0.15, 0.2) is 109 Å². The molecule has 1 saturated heterocycles. The van der Waals surface area contributed by atoms with Crippen molar-refractivity contribution in [3.05, 3.63) is 138 Å². The van der Waals surface area contributed by atoms with Crippen molar-refractivity contribution in [2.45, 2.75) is 19.1 Å². The van der Waals surface area contributed by atoms with Crippen LogP contribution in [0.25, 0.3) is 5.57 Å². The maximum atomic E-state index is 13.6. The lowest BCUT2D eigenvalue weighted by molar-refractivity contribution is -0.130. The Morgan fingerprint density at radius 2 is 1.47 bits per heavy atom. The molecule has 1 fully saturated rings. The van der Waals surface area contributed by atoms with Crippen molar-refractivity contribution in [3.8, 4) is 5.75 Å². The van der Waals surface area contributed by atoms with Gasteiger partial charge in [0.05, 0.1) is 18.6 Å². The number of β-lactam (4-membered cyclic amide) rings is 1. The summed E-state index contributed by atoms with van der Waals surface area (Å²) < 4.78 is 32.8. The van der Waals surface area contributed by atoms with Gasteiger partial charge in [0.25, 0.3) is 0 Å². The van der Waals surface area contributed by atoms with E-state index in [1.165, 1.54) is 24.3 Å². The largest absolute Gasteiger partial charge is 0.489 e. The molecule has 2 atom stereocenters. The number of halogens is 2. The monoisotopic (exact) mass is 511 g/mol. The Labute approximate surface area is 220 Å². The van der Waals surface area contributed by atoms with Gasteiger partial charge in [-0.05, 0) is 77.2 Å². The lowest BCUT2D eigenvalue weighted by atomic mass is 9.79. The molecule has 38 heavy (non-hydrogen) atoms. The van der Waals surface area contributed by atoms with Gasteiger partial charge in [-0.25, -0.2) is 8.78 Å². The molecule has 5 rings (SSSR count). The number of nitrogens with zero attached hydrogens (tertiary/aromatic N) is 1. The summed E-state index contributed by atoms with van der Waals surface area (Å²) in [7, 11) is 0. The highest BCUT2D eigenvalue weighted by molar-refractivity contribution is 6.03. The zero-order valence-electron chi connectivity index (χ0n) is 20.6. The Kier molecular flexibility index (Phi) is 7.61. The number of carbonyl (C=O) groups is 1. The molecule has 1 heterocycles. The molecule has 1 amide bonds. The Bertz CT molecular complexity index is 1400. The molecule has 192 valence electrons. The lowest BCUT2D eigenvalue weighted by Gasteiger charge is -2.47. The summed E-state index contributed by atoms with van der Waals surface area (Å²) in [4.78, 5) is 15.0. The van der Waals surface area contributed by atoms with Crippen molar-refractivity contribution in [3.63, 3.8) is 0 Å². The molecule has 1 unspecified atom stereocenters. The van der Waals surface area contributed by atoms with Crippen LogP contribution in [0.1, 0.15) is 29.2 Å². The number of hydrogen-bond donors (Lipinski definition) is 1. The van der Waals surface area contributed by atoms with Crippen LogP contribution in [0.3, 0.4) is 0 Å². The molecular formula is C32H27F2NO3. The minimum atomic E-state index is -0.377. The summed E-state index contributed by atoms with van der Waals surface area (Å²) in [6.07, 6.45) is 2.23. The number of aliphatic hydroxyl groups is 1. The number of aliphatic hydroxyl groups excluding tert-OH is 1. The van der Waals surface area contributed by atoms with Crippen LogP contribution in [0.4, 0.5) is 14.5 Å². The van der Waals surface area contributed by atoms with Crippen molar-refractivity contribution < 1.29 is 23.4 Å². The third-order valence-corrected chi connectivity index (χ3v) is 6.79. The number of amides is 1. The second-order valence-corrected chi connectivity index (χ2v) is 9.21. The molecule has 4 nitrogen and oxygen atoms in total. The summed E-state index contributed by atoms with van der Waals surface area (Å²) in [5, 5.41) is 9.91. The Morgan fingerprint density at radius 1 is 0.842 bits per heavy atom. The van der Waals surface area contributed by atoms with E-state index in [2.05, 4.69) is 0 Å². The molecule has 1 aliphatic rings. The van der Waals surface area contributed by atoms with Gasteiger partial charge in [-0.15, -0.1) is 0 Å². The Hall–Kier alpha value is -4.29. The first-order valence-electron chi connectivity index (χ1n) is 12.4. The first kappa shape index (κ1) is 25.4. The van der Waals surface area contributed by atoms with E-state index in [1.54, 1.807) is 29.2 Å². The summed E-state index contributed by atoms with van der Waals surface area (Å²) in [5.74, 6) is -0.473. The molecule has 1 N–H and O–H groups in total. The van der Waals surface area contributed by atoms with Crippen LogP contribution >= 0.6 is 0 Å². The van der Waals surface area contributed by atoms with E-state index in [1.807, 2.05) is 60.7 Å². The van der Waals surface area contributed by atoms with Gasteiger partial charge in [-0.2, -0.15) is 0 Å². The van der Waals surface area contributed by atoms with Crippen molar-refractivity contribution in [1.82, 2.24) is 0 Å². The van der Waals surface area contributed by atoms with Gasteiger partial charge in [-0.1, -0.05) is 60.7 Å². The smallest absolute Gasteiger partial charge is 0.233 e. The van der Waals surface area contributed by atoms with E-state index < -0.39 is 0 Å². The van der Waals surface area contributed by atoms with Crippen LogP contribution in [0.5, 0.6) is 5.75 Å². The van der Waals surface area contributed by atoms with E-state index in [9.17, 15) is 18.7 Å². The van der Waals surface area contributed by atoms with Gasteiger partial charge < -0.3 is 14.7 Å². The van der Waals surface area contributed by atoms with E-state index in [0.717, 1.165) is 11.1 Å². The fourth-order valence-corrected chi connectivity index (χ4v) is 4.76. The third-order valence-electron chi connectivity index (χ3n) is 6.79. The van der Waals surface area contributed by atoms with Crippen molar-refractivity contribution in [2.75, 3.05) is 11.5 Å². The Morgan fingerprint density at radius 3 is 2.11 bits per heavy atom. The maximum absolute atomic E-state index is 13.6. The molecule has 6 heteroatoms. The lowest BCUT2D eigenvalue weighted by Crippen LogP contribution is -2.55. The fourth-order valence-electron chi connectivity index (χ4n) is 4.76. The predicted molar refractivity (Wildman–Crippen MR) is 143 cm³/mol. The normalized spacial score (nSPS) is 17.3. The van der Waals surface area contributed by atoms with E-state index in [0.29, 0.717) is 35.6 Å². The van der Waals surface area contributed by atoms with Crippen LogP contribution in [-0.2, 0) is 11.4 Å². The molecule has 0 saturated carbocycles. The molecule has 0 radical (unpaired) electrons. The highest BCUT2D eigenvalue weighted by Gasteiger charge is 2.48. The average Bonchev–Trinajstić information content (AvgIpc) is 2.95. The minimum absolute atomic E-state index is 0.0846. The summed E-state index contributed by atoms with van der Waals surface area (Å²) in [5.41, 5.74) is 3.93. The standard InChI is InChI=1S/C32H27F2NO3/c33-26-11-6-23(7-12-26)25(20-36)10-19-30-31(35(32(30)37)28-15-13-27(34)14-16-28)24-8-17-29(18-9-24)38-21-22-4-2-1-3-5-22/h1-18,30-31,36H,19-21H2/b25-10+/t30-,31?/m1/s1. The molecule has 0 spiro atoms. The quantitative estimate of drug-likeness (QED) is 0.254. The van der Waals surface area contributed by atoms with E-state index in [-0.39, 0.29) is 36.1 Å². The van der Waals surface area contributed by atoms with Crippen LogP contribution < -0.4 is 9.64 Å². The number of benzene rings is 4. The SMILES string of the molecule is O=C1[C@H](C/C=C(\CO)c2ccc(F)cc2)C(c2ccc(OCc3ccccc3)cc2)N1c1ccc(F)cc1. The van der Waals surface area contributed by atoms with Gasteiger partial charge in [0, 0.05) is 5.69 Å². The van der Waals surface area contributed by atoms with Crippen LogP contribution in [-0.4, -0.2) is 17.6 Å². The number of anilines is 1. The minimum Gasteiger partial charge on any atom is -0.489 e. The second kappa shape index (κ2) is 11.4. The molecule has 4 aromatic carbocycles. The summed E-state index contributed by atoms with van der Waals surface area (Å²) in [6.45, 7) is 0.219. The number of allylic oxidation sites excluding steroid dienone is 1. The first-order chi connectivity index (χ1) is 18.5. The Balaban J connectivity index is 1.38. The van der Waals surface area contributed by atoms with Crippen LogP contribution in [0.2, 0.25) is 0 Å². The first-order valence-corrected chi connectivity index (χ1v) is 12.4. The number of carbonyl (C=O) groups excluding carboxylic acids is 1. The molecule has 0 aliphatic carbocycles. The van der Waals surface area contributed by atoms with E-state index >= 15 is 0 Å². The fraction of sp³-hybridized carbons (Fsp3) is 0.156. The van der Waals surface area contributed by atoms with Crippen LogP contribution in [0, 0.1) is 17.6 Å². The molecule has 0 aromatic heterocycles. The molecule has 4 aromatic rings. The highest BCUT2D eigenvalue weighted by atomic mass is 19.1. The topological polar surface area (TPSA) is 49.8 Å².